The lowest BCUT2D eigenvalue weighted by atomic mass is 9.82. The zero-order valence-corrected chi connectivity index (χ0v) is 17.1. The van der Waals surface area contributed by atoms with Crippen LogP contribution in [0, 0.1) is 11.7 Å². The summed E-state index contributed by atoms with van der Waals surface area (Å²) in [5, 5.41) is 5.11. The van der Waals surface area contributed by atoms with E-state index in [0.717, 1.165) is 56.3 Å². The molecule has 2 fully saturated rings. The molecule has 0 radical (unpaired) electrons. The minimum atomic E-state index is -0.325. The highest BCUT2D eigenvalue weighted by atomic mass is 19.1. The van der Waals surface area contributed by atoms with Gasteiger partial charge in [0.2, 0.25) is 5.91 Å². The quantitative estimate of drug-likeness (QED) is 0.719. The first-order valence-corrected chi connectivity index (χ1v) is 10.9. The summed E-state index contributed by atoms with van der Waals surface area (Å²) in [4.78, 5) is 29.5. The van der Waals surface area contributed by atoms with Gasteiger partial charge in [-0.3, -0.25) is 19.4 Å². The molecule has 2 aliphatic heterocycles. The molecule has 1 aromatic carbocycles. The Labute approximate surface area is 174 Å². The second-order valence-corrected chi connectivity index (χ2v) is 8.60. The Morgan fingerprint density at radius 3 is 2.77 bits per heavy atom. The molecule has 158 valence electrons. The van der Waals surface area contributed by atoms with Crippen molar-refractivity contribution in [1.29, 1.82) is 0 Å². The van der Waals surface area contributed by atoms with Crippen molar-refractivity contribution in [2.75, 3.05) is 19.6 Å². The maximum Gasteiger partial charge on any atom is 0.256 e. The van der Waals surface area contributed by atoms with Crippen molar-refractivity contribution in [2.45, 2.75) is 51.0 Å². The first-order chi connectivity index (χ1) is 14.6. The average Bonchev–Trinajstić information content (AvgIpc) is 3.28. The number of imide groups is 1. The first kappa shape index (κ1) is 19.4. The summed E-state index contributed by atoms with van der Waals surface area (Å²) in [6.45, 7) is 4.19. The monoisotopic (exact) mass is 411 g/mol. The number of hydrogen-bond acceptors (Lipinski definition) is 5. The first-order valence-electron chi connectivity index (χ1n) is 10.9. The molecule has 7 heteroatoms. The number of halogens is 1. The SMILES string of the molecule is CCCN1C(=O)C2=CCCC(N3CCC(c4noc5cc(F)ccc45)CC3)C2C1=O. The van der Waals surface area contributed by atoms with Crippen molar-refractivity contribution < 1.29 is 18.5 Å². The fraction of sp³-hybridized carbons (Fsp3) is 0.522. The number of fused-ring (bicyclic) bond motifs is 2. The van der Waals surface area contributed by atoms with E-state index in [2.05, 4.69) is 10.1 Å². The minimum absolute atomic E-state index is 0.0237. The molecular formula is C23H26FN3O3. The number of piperidine rings is 1. The highest BCUT2D eigenvalue weighted by Gasteiger charge is 2.49. The lowest BCUT2D eigenvalue weighted by Gasteiger charge is -2.40. The summed E-state index contributed by atoms with van der Waals surface area (Å²) in [7, 11) is 0. The van der Waals surface area contributed by atoms with Crippen molar-refractivity contribution >= 4 is 22.8 Å². The highest BCUT2D eigenvalue weighted by molar-refractivity contribution is 6.15. The summed E-state index contributed by atoms with van der Waals surface area (Å²) in [6.07, 6.45) is 6.32. The van der Waals surface area contributed by atoms with Gasteiger partial charge in [-0.25, -0.2) is 4.39 Å². The zero-order valence-electron chi connectivity index (χ0n) is 17.1. The van der Waals surface area contributed by atoms with E-state index in [1.165, 1.54) is 17.0 Å². The number of rotatable bonds is 4. The number of carbonyl (C=O) groups is 2. The molecule has 0 N–H and O–H groups in total. The van der Waals surface area contributed by atoms with Crippen LogP contribution >= 0.6 is 0 Å². The van der Waals surface area contributed by atoms with Crippen molar-refractivity contribution in [3.05, 3.63) is 41.4 Å². The summed E-state index contributed by atoms with van der Waals surface area (Å²) in [5.41, 5.74) is 2.09. The van der Waals surface area contributed by atoms with Crippen LogP contribution in [-0.4, -0.2) is 52.4 Å². The van der Waals surface area contributed by atoms with Crippen LogP contribution in [0.3, 0.4) is 0 Å². The number of amides is 2. The van der Waals surface area contributed by atoms with E-state index in [-0.39, 0.29) is 35.5 Å². The smallest absolute Gasteiger partial charge is 0.256 e. The van der Waals surface area contributed by atoms with E-state index in [1.807, 2.05) is 13.0 Å². The largest absolute Gasteiger partial charge is 0.356 e. The van der Waals surface area contributed by atoms with E-state index in [4.69, 9.17) is 4.52 Å². The molecule has 0 saturated carbocycles. The predicted molar refractivity (Wildman–Crippen MR) is 109 cm³/mol. The lowest BCUT2D eigenvalue weighted by molar-refractivity contribution is -0.139. The van der Waals surface area contributed by atoms with Gasteiger partial charge in [0.15, 0.2) is 5.58 Å². The van der Waals surface area contributed by atoms with Gasteiger partial charge in [-0.2, -0.15) is 0 Å². The van der Waals surface area contributed by atoms with Gasteiger partial charge in [0.05, 0.1) is 11.6 Å². The molecule has 2 aromatic rings. The number of aromatic nitrogens is 1. The third-order valence-corrected chi connectivity index (χ3v) is 6.87. The number of carbonyl (C=O) groups excluding carboxylic acids is 2. The van der Waals surface area contributed by atoms with E-state index in [1.54, 1.807) is 6.07 Å². The Balaban J connectivity index is 1.31. The van der Waals surface area contributed by atoms with Gasteiger partial charge in [0.1, 0.15) is 5.82 Å². The number of benzene rings is 1. The number of hydrogen-bond donors (Lipinski definition) is 0. The van der Waals surface area contributed by atoms with Gasteiger partial charge in [0, 0.05) is 35.5 Å². The van der Waals surface area contributed by atoms with E-state index < -0.39 is 0 Å². The second kappa shape index (κ2) is 7.61. The average molecular weight is 411 g/mol. The molecule has 3 heterocycles. The topological polar surface area (TPSA) is 66.7 Å². The van der Waals surface area contributed by atoms with E-state index >= 15 is 0 Å². The Kier molecular flexibility index (Phi) is 4.93. The van der Waals surface area contributed by atoms with Gasteiger partial charge in [-0.15, -0.1) is 0 Å². The van der Waals surface area contributed by atoms with Crippen molar-refractivity contribution in [1.82, 2.24) is 15.0 Å². The van der Waals surface area contributed by atoms with Crippen LogP contribution in [0.15, 0.2) is 34.4 Å². The maximum atomic E-state index is 13.4. The van der Waals surface area contributed by atoms with Gasteiger partial charge in [-0.1, -0.05) is 18.2 Å². The molecule has 2 unspecified atom stereocenters. The molecule has 2 amide bonds. The highest BCUT2D eigenvalue weighted by Crippen LogP contribution is 2.40. The fourth-order valence-corrected chi connectivity index (χ4v) is 5.41. The summed E-state index contributed by atoms with van der Waals surface area (Å²) < 4.78 is 18.8. The Bertz CT molecular complexity index is 1020. The van der Waals surface area contributed by atoms with Crippen LogP contribution in [0.2, 0.25) is 0 Å². The normalized spacial score (nSPS) is 25.8. The molecule has 0 bridgehead atoms. The molecule has 3 aliphatic rings. The maximum absolute atomic E-state index is 13.4. The summed E-state index contributed by atoms with van der Waals surface area (Å²) in [5.74, 6) is -0.500. The molecule has 2 saturated heterocycles. The van der Waals surface area contributed by atoms with Crippen molar-refractivity contribution in [3.8, 4) is 0 Å². The predicted octanol–water partition coefficient (Wildman–Crippen LogP) is 3.63. The minimum Gasteiger partial charge on any atom is -0.356 e. The van der Waals surface area contributed by atoms with Gasteiger partial charge in [-0.05, 0) is 57.3 Å². The molecular weight excluding hydrogens is 385 g/mol. The Morgan fingerprint density at radius 2 is 2.00 bits per heavy atom. The number of allylic oxidation sites excluding steroid dienone is 1. The third kappa shape index (κ3) is 3.07. The van der Waals surface area contributed by atoms with Crippen LogP contribution < -0.4 is 0 Å². The molecule has 6 nitrogen and oxygen atoms in total. The van der Waals surface area contributed by atoms with Gasteiger partial charge in [0.25, 0.3) is 5.91 Å². The van der Waals surface area contributed by atoms with Crippen LogP contribution in [0.4, 0.5) is 4.39 Å². The second-order valence-electron chi connectivity index (χ2n) is 8.60. The van der Waals surface area contributed by atoms with Gasteiger partial charge >= 0.3 is 0 Å². The van der Waals surface area contributed by atoms with E-state index in [9.17, 15) is 14.0 Å². The lowest BCUT2D eigenvalue weighted by Crippen LogP contribution is -2.48. The fourth-order valence-electron chi connectivity index (χ4n) is 5.41. The third-order valence-electron chi connectivity index (χ3n) is 6.87. The van der Waals surface area contributed by atoms with Crippen molar-refractivity contribution in [2.24, 2.45) is 5.92 Å². The molecule has 2 atom stereocenters. The summed E-state index contributed by atoms with van der Waals surface area (Å²) in [6, 6.07) is 4.65. The van der Waals surface area contributed by atoms with Crippen molar-refractivity contribution in [3.63, 3.8) is 0 Å². The molecule has 1 aromatic heterocycles. The van der Waals surface area contributed by atoms with Crippen LogP contribution in [0.5, 0.6) is 0 Å². The molecule has 1 aliphatic carbocycles. The van der Waals surface area contributed by atoms with Crippen LogP contribution in [0.25, 0.3) is 11.0 Å². The number of likely N-dealkylation sites (tertiary alicyclic amines) is 2. The summed E-state index contributed by atoms with van der Waals surface area (Å²) >= 11 is 0. The standard InChI is InChI=1S/C23H26FN3O3/c1-2-10-27-22(28)17-4-3-5-18(20(17)23(27)29)26-11-8-14(9-12-26)21-16-7-6-15(24)13-19(16)30-25-21/h4,6-7,13-14,18,20H,2-3,5,8-12H2,1H3. The Morgan fingerprint density at radius 1 is 1.20 bits per heavy atom. The van der Waals surface area contributed by atoms with E-state index in [0.29, 0.717) is 17.7 Å². The van der Waals surface area contributed by atoms with Crippen LogP contribution in [0.1, 0.15) is 50.6 Å². The molecule has 30 heavy (non-hydrogen) atoms. The zero-order chi connectivity index (χ0) is 20.8. The van der Waals surface area contributed by atoms with Crippen LogP contribution in [-0.2, 0) is 9.59 Å². The van der Waals surface area contributed by atoms with Gasteiger partial charge < -0.3 is 4.52 Å². The molecule has 0 spiro atoms. The Hall–Kier alpha value is -2.54. The number of nitrogens with zero attached hydrogens (tertiary/aromatic N) is 3. The molecule has 5 rings (SSSR count).